The highest BCUT2D eigenvalue weighted by Crippen LogP contribution is 2.43. The second-order valence-corrected chi connectivity index (χ2v) is 10.9. The lowest BCUT2D eigenvalue weighted by molar-refractivity contribution is -0.123. The summed E-state index contributed by atoms with van der Waals surface area (Å²) >= 11 is 0. The fourth-order valence-electron chi connectivity index (χ4n) is 5.87. The minimum absolute atomic E-state index is 0.00755. The van der Waals surface area contributed by atoms with Crippen molar-refractivity contribution in [3.63, 3.8) is 0 Å². The molecule has 2 N–H and O–H groups in total. The van der Waals surface area contributed by atoms with Crippen LogP contribution in [0, 0.1) is 19.8 Å². The molecular formula is C31H36N4O4. The van der Waals surface area contributed by atoms with Crippen LogP contribution in [0.15, 0.2) is 65.3 Å². The van der Waals surface area contributed by atoms with Gasteiger partial charge in [0.2, 0.25) is 11.8 Å². The maximum absolute atomic E-state index is 14.1. The van der Waals surface area contributed by atoms with Crippen molar-refractivity contribution in [1.82, 2.24) is 4.90 Å². The fourth-order valence-corrected chi connectivity index (χ4v) is 5.87. The number of benzene rings is 2. The first kappa shape index (κ1) is 26.7. The summed E-state index contributed by atoms with van der Waals surface area (Å²) in [5.41, 5.74) is 10.2. The van der Waals surface area contributed by atoms with Crippen LogP contribution in [0.25, 0.3) is 0 Å². The number of carbonyl (C=O) groups is 3. The summed E-state index contributed by atoms with van der Waals surface area (Å²) in [7, 11) is 0. The summed E-state index contributed by atoms with van der Waals surface area (Å²) in [6.45, 7) is 7.63. The van der Waals surface area contributed by atoms with Crippen molar-refractivity contribution in [2.24, 2.45) is 11.7 Å². The van der Waals surface area contributed by atoms with Gasteiger partial charge in [-0.3, -0.25) is 19.3 Å². The van der Waals surface area contributed by atoms with E-state index < -0.39 is 0 Å². The molecule has 3 amide bonds. The van der Waals surface area contributed by atoms with E-state index in [0.717, 1.165) is 28.1 Å². The first-order valence-corrected chi connectivity index (χ1v) is 13.6. The van der Waals surface area contributed by atoms with Gasteiger partial charge >= 0.3 is 0 Å². The van der Waals surface area contributed by atoms with Crippen LogP contribution in [-0.4, -0.2) is 48.3 Å². The molecule has 0 radical (unpaired) electrons. The summed E-state index contributed by atoms with van der Waals surface area (Å²) in [6.07, 6.45) is 3.41. The number of piperidine rings is 1. The quantitative estimate of drug-likeness (QED) is 0.504. The van der Waals surface area contributed by atoms with Gasteiger partial charge in [-0.05, 0) is 89.0 Å². The number of likely N-dealkylation sites (tertiary alicyclic amines) is 1. The summed E-state index contributed by atoms with van der Waals surface area (Å²) in [6, 6.07) is 17.0. The molecule has 0 unspecified atom stereocenters. The van der Waals surface area contributed by atoms with E-state index in [4.69, 9.17) is 10.2 Å². The first-order valence-electron chi connectivity index (χ1n) is 13.6. The molecule has 1 fully saturated rings. The van der Waals surface area contributed by atoms with Crippen molar-refractivity contribution in [2.75, 3.05) is 29.4 Å². The molecule has 0 saturated carbocycles. The second kappa shape index (κ2) is 11.1. The second-order valence-electron chi connectivity index (χ2n) is 10.9. The Morgan fingerprint density at radius 3 is 2.33 bits per heavy atom. The van der Waals surface area contributed by atoms with Crippen LogP contribution in [0.3, 0.4) is 0 Å². The highest BCUT2D eigenvalue weighted by atomic mass is 16.3. The standard InChI is InChI=1S/C31H36N4O4/c1-20-6-9-24(10-7-20)35(29(36)19-33-14-12-23(13-15-33)30(32)37)27-18-22(3)34(31(38)28-5-4-16-39-28)26-11-8-21(2)17-25(26)27/h4-11,16-17,22-23,27H,12-15,18-19H2,1-3H3,(H2,32,37)/t22-,27+/m1/s1. The molecule has 204 valence electrons. The zero-order valence-electron chi connectivity index (χ0n) is 22.8. The molecule has 5 rings (SSSR count). The molecule has 1 saturated heterocycles. The maximum Gasteiger partial charge on any atom is 0.294 e. The fraction of sp³-hybridized carbons (Fsp3) is 0.387. The highest BCUT2D eigenvalue weighted by Gasteiger charge is 2.40. The number of nitrogens with zero attached hydrogens (tertiary/aromatic N) is 3. The van der Waals surface area contributed by atoms with Gasteiger partial charge in [0.1, 0.15) is 0 Å². The van der Waals surface area contributed by atoms with Gasteiger partial charge in [-0.2, -0.15) is 0 Å². The first-order chi connectivity index (χ1) is 18.7. The van der Waals surface area contributed by atoms with E-state index in [2.05, 4.69) is 11.0 Å². The molecule has 2 atom stereocenters. The number of anilines is 2. The molecule has 3 heterocycles. The zero-order valence-corrected chi connectivity index (χ0v) is 22.8. The van der Waals surface area contributed by atoms with Crippen LogP contribution in [0.1, 0.15) is 59.5 Å². The summed E-state index contributed by atoms with van der Waals surface area (Å²) < 4.78 is 5.45. The van der Waals surface area contributed by atoms with Gasteiger partial charge in [0.25, 0.3) is 5.91 Å². The van der Waals surface area contributed by atoms with Crippen LogP contribution >= 0.6 is 0 Å². The smallest absolute Gasteiger partial charge is 0.294 e. The van der Waals surface area contributed by atoms with E-state index in [-0.39, 0.29) is 48.0 Å². The predicted molar refractivity (Wildman–Crippen MR) is 151 cm³/mol. The van der Waals surface area contributed by atoms with Crippen molar-refractivity contribution in [3.05, 3.63) is 83.3 Å². The van der Waals surface area contributed by atoms with Crippen LogP contribution < -0.4 is 15.5 Å². The van der Waals surface area contributed by atoms with Crippen LogP contribution in [0.5, 0.6) is 0 Å². The molecule has 39 heavy (non-hydrogen) atoms. The SMILES string of the molecule is Cc1ccc(N(C(=O)CN2CCC(C(N)=O)CC2)[C@H]2C[C@@H](C)N(C(=O)c3ccco3)c3ccc(C)cc32)cc1. The molecule has 2 aliphatic rings. The Balaban J connectivity index is 1.50. The molecule has 2 aromatic carbocycles. The number of rotatable bonds is 6. The number of nitrogens with two attached hydrogens (primary N) is 1. The Kier molecular flexibility index (Phi) is 7.57. The molecule has 1 aromatic heterocycles. The van der Waals surface area contributed by atoms with Gasteiger partial charge in [0.05, 0.1) is 18.8 Å². The van der Waals surface area contributed by atoms with Crippen LogP contribution in [0.4, 0.5) is 11.4 Å². The Labute approximate surface area is 229 Å². The van der Waals surface area contributed by atoms with Gasteiger partial charge in [-0.1, -0.05) is 35.4 Å². The Bertz CT molecular complexity index is 1340. The Hall–Kier alpha value is -3.91. The number of amides is 3. The zero-order chi connectivity index (χ0) is 27.7. The van der Waals surface area contributed by atoms with Crippen LogP contribution in [-0.2, 0) is 9.59 Å². The lowest BCUT2D eigenvalue weighted by Crippen LogP contribution is -2.50. The van der Waals surface area contributed by atoms with Crippen molar-refractivity contribution >= 4 is 29.1 Å². The van der Waals surface area contributed by atoms with Gasteiger partial charge < -0.3 is 20.0 Å². The van der Waals surface area contributed by atoms with Gasteiger partial charge in [0.15, 0.2) is 5.76 Å². The van der Waals surface area contributed by atoms with E-state index in [0.29, 0.717) is 32.4 Å². The van der Waals surface area contributed by atoms with Gasteiger partial charge in [0, 0.05) is 23.3 Å². The third kappa shape index (κ3) is 5.47. The van der Waals surface area contributed by atoms with E-state index in [1.54, 1.807) is 17.0 Å². The van der Waals surface area contributed by atoms with E-state index >= 15 is 0 Å². The molecule has 8 nitrogen and oxygen atoms in total. The normalized spacial score (nSPS) is 19.9. The number of hydrogen-bond acceptors (Lipinski definition) is 5. The summed E-state index contributed by atoms with van der Waals surface area (Å²) in [4.78, 5) is 45.0. The van der Waals surface area contributed by atoms with E-state index in [1.807, 2.05) is 62.1 Å². The average molecular weight is 529 g/mol. The average Bonchev–Trinajstić information content (AvgIpc) is 3.45. The van der Waals surface area contributed by atoms with Crippen molar-refractivity contribution < 1.29 is 18.8 Å². The third-order valence-corrected chi connectivity index (χ3v) is 8.00. The largest absolute Gasteiger partial charge is 0.459 e. The predicted octanol–water partition coefficient (Wildman–Crippen LogP) is 4.61. The van der Waals surface area contributed by atoms with E-state index in [9.17, 15) is 14.4 Å². The lowest BCUT2D eigenvalue weighted by atomic mass is 9.88. The summed E-state index contributed by atoms with van der Waals surface area (Å²) in [5.74, 6) is -0.304. The number of hydrogen-bond donors (Lipinski definition) is 1. The number of furan rings is 1. The molecule has 8 heteroatoms. The molecule has 0 bridgehead atoms. The van der Waals surface area contributed by atoms with Crippen molar-refractivity contribution in [2.45, 2.75) is 52.1 Å². The number of fused-ring (bicyclic) bond motifs is 1. The lowest BCUT2D eigenvalue weighted by Gasteiger charge is -2.44. The molecule has 0 aliphatic carbocycles. The Morgan fingerprint density at radius 1 is 1.00 bits per heavy atom. The topological polar surface area (TPSA) is 100 Å². The van der Waals surface area contributed by atoms with Crippen molar-refractivity contribution in [1.29, 1.82) is 0 Å². The molecule has 0 spiro atoms. The van der Waals surface area contributed by atoms with Crippen LogP contribution in [0.2, 0.25) is 0 Å². The maximum atomic E-state index is 14.1. The molecular weight excluding hydrogens is 492 g/mol. The van der Waals surface area contributed by atoms with Gasteiger partial charge in [-0.25, -0.2) is 0 Å². The van der Waals surface area contributed by atoms with Gasteiger partial charge in [-0.15, -0.1) is 0 Å². The summed E-state index contributed by atoms with van der Waals surface area (Å²) in [5, 5.41) is 0. The number of primary amides is 1. The minimum atomic E-state index is -0.265. The van der Waals surface area contributed by atoms with E-state index in [1.165, 1.54) is 6.26 Å². The third-order valence-electron chi connectivity index (χ3n) is 8.00. The Morgan fingerprint density at radius 2 is 1.69 bits per heavy atom. The monoisotopic (exact) mass is 528 g/mol. The highest BCUT2D eigenvalue weighted by molar-refractivity contribution is 6.06. The minimum Gasteiger partial charge on any atom is -0.459 e. The number of carbonyl (C=O) groups excluding carboxylic acids is 3. The van der Waals surface area contributed by atoms with Crippen molar-refractivity contribution in [3.8, 4) is 0 Å². The number of aryl methyl sites for hydroxylation is 2. The molecule has 2 aliphatic heterocycles. The molecule has 3 aromatic rings.